The molecule has 0 atom stereocenters. The lowest BCUT2D eigenvalue weighted by Gasteiger charge is -2.03. The van der Waals surface area contributed by atoms with Crippen LogP contribution in [-0.4, -0.2) is 11.5 Å². The minimum atomic E-state index is 0.705. The SMILES string of the molecule is C=C(Br)CNc1cccc(C)n1. The molecule has 0 aliphatic heterocycles. The molecule has 0 aromatic carbocycles. The van der Waals surface area contributed by atoms with Crippen LogP contribution in [0.15, 0.2) is 29.3 Å². The second-order valence-electron chi connectivity index (χ2n) is 2.54. The van der Waals surface area contributed by atoms with Crippen molar-refractivity contribution < 1.29 is 0 Å². The van der Waals surface area contributed by atoms with E-state index in [2.05, 4.69) is 32.8 Å². The van der Waals surface area contributed by atoms with Gasteiger partial charge in [0.05, 0.1) is 0 Å². The predicted octanol–water partition coefficient (Wildman–Crippen LogP) is 2.71. The van der Waals surface area contributed by atoms with Gasteiger partial charge in [-0.1, -0.05) is 28.6 Å². The van der Waals surface area contributed by atoms with Crippen molar-refractivity contribution in [3.05, 3.63) is 35.0 Å². The number of aryl methyl sites for hydroxylation is 1. The molecule has 64 valence electrons. The van der Waals surface area contributed by atoms with Crippen molar-refractivity contribution in [2.24, 2.45) is 0 Å². The van der Waals surface area contributed by atoms with Gasteiger partial charge in [0.15, 0.2) is 0 Å². The quantitative estimate of drug-likeness (QED) is 0.858. The molecule has 3 heteroatoms. The number of pyridine rings is 1. The maximum atomic E-state index is 4.27. The van der Waals surface area contributed by atoms with Gasteiger partial charge < -0.3 is 5.32 Å². The summed E-state index contributed by atoms with van der Waals surface area (Å²) in [5, 5.41) is 3.13. The maximum absolute atomic E-state index is 4.27. The van der Waals surface area contributed by atoms with E-state index in [1.54, 1.807) is 0 Å². The van der Waals surface area contributed by atoms with E-state index >= 15 is 0 Å². The van der Waals surface area contributed by atoms with Crippen molar-refractivity contribution in [2.45, 2.75) is 6.92 Å². The van der Waals surface area contributed by atoms with Gasteiger partial charge in [0.2, 0.25) is 0 Å². The predicted molar refractivity (Wildman–Crippen MR) is 55.5 cm³/mol. The number of hydrogen-bond donors (Lipinski definition) is 1. The molecule has 0 spiro atoms. The molecule has 0 saturated heterocycles. The van der Waals surface area contributed by atoms with E-state index in [0.717, 1.165) is 16.0 Å². The number of rotatable bonds is 3. The lowest BCUT2D eigenvalue weighted by molar-refractivity contribution is 1.16. The fourth-order valence-electron chi connectivity index (χ4n) is 0.828. The summed E-state index contributed by atoms with van der Waals surface area (Å²) in [6.07, 6.45) is 0. The summed E-state index contributed by atoms with van der Waals surface area (Å²) >= 11 is 3.27. The van der Waals surface area contributed by atoms with Gasteiger partial charge in [-0.2, -0.15) is 0 Å². The summed E-state index contributed by atoms with van der Waals surface area (Å²) in [5.74, 6) is 0.885. The fraction of sp³-hybridized carbons (Fsp3) is 0.222. The Balaban J connectivity index is 2.57. The van der Waals surface area contributed by atoms with Crippen LogP contribution in [0.5, 0.6) is 0 Å². The van der Waals surface area contributed by atoms with E-state index in [9.17, 15) is 0 Å². The number of nitrogens with zero attached hydrogens (tertiary/aromatic N) is 1. The second kappa shape index (κ2) is 4.26. The molecule has 12 heavy (non-hydrogen) atoms. The molecule has 0 bridgehead atoms. The van der Waals surface area contributed by atoms with Crippen LogP contribution < -0.4 is 5.32 Å². The molecule has 0 unspecified atom stereocenters. The summed E-state index contributed by atoms with van der Waals surface area (Å²) in [7, 11) is 0. The smallest absolute Gasteiger partial charge is 0.126 e. The molecule has 0 aliphatic rings. The van der Waals surface area contributed by atoms with E-state index in [1.807, 2.05) is 25.1 Å². The van der Waals surface area contributed by atoms with Gasteiger partial charge in [-0.05, 0) is 19.1 Å². The van der Waals surface area contributed by atoms with Crippen LogP contribution in [0.2, 0.25) is 0 Å². The van der Waals surface area contributed by atoms with Crippen LogP contribution >= 0.6 is 15.9 Å². The molecular weight excluding hydrogens is 216 g/mol. The van der Waals surface area contributed by atoms with Crippen molar-refractivity contribution in [3.8, 4) is 0 Å². The largest absolute Gasteiger partial charge is 0.365 e. The van der Waals surface area contributed by atoms with Crippen molar-refractivity contribution in [3.63, 3.8) is 0 Å². The molecular formula is C9H11BrN2. The minimum absolute atomic E-state index is 0.705. The third-order valence-electron chi connectivity index (χ3n) is 1.35. The monoisotopic (exact) mass is 226 g/mol. The Hall–Kier alpha value is -0.830. The third-order valence-corrected chi connectivity index (χ3v) is 1.63. The number of nitrogens with one attached hydrogen (secondary N) is 1. The normalized spacial score (nSPS) is 9.50. The highest BCUT2D eigenvalue weighted by molar-refractivity contribution is 9.11. The van der Waals surface area contributed by atoms with Crippen LogP contribution in [0.3, 0.4) is 0 Å². The molecule has 1 N–H and O–H groups in total. The first-order valence-corrected chi connectivity index (χ1v) is 4.48. The van der Waals surface area contributed by atoms with Gasteiger partial charge in [-0.3, -0.25) is 0 Å². The number of aromatic nitrogens is 1. The Morgan fingerprint density at radius 1 is 1.67 bits per heavy atom. The van der Waals surface area contributed by atoms with Gasteiger partial charge >= 0.3 is 0 Å². The first-order valence-electron chi connectivity index (χ1n) is 3.69. The van der Waals surface area contributed by atoms with Crippen molar-refractivity contribution >= 4 is 21.7 Å². The molecule has 0 amide bonds. The highest BCUT2D eigenvalue weighted by Gasteiger charge is 1.92. The molecule has 1 aromatic heterocycles. The highest BCUT2D eigenvalue weighted by atomic mass is 79.9. The molecule has 0 fully saturated rings. The van der Waals surface area contributed by atoms with E-state index in [-0.39, 0.29) is 0 Å². The number of halogens is 1. The van der Waals surface area contributed by atoms with Crippen LogP contribution in [-0.2, 0) is 0 Å². The number of hydrogen-bond acceptors (Lipinski definition) is 2. The summed E-state index contributed by atoms with van der Waals surface area (Å²) in [5.41, 5.74) is 1.01. The van der Waals surface area contributed by atoms with E-state index in [0.29, 0.717) is 6.54 Å². The first-order chi connectivity index (χ1) is 5.68. The van der Waals surface area contributed by atoms with Gasteiger partial charge in [0, 0.05) is 16.7 Å². The molecule has 2 nitrogen and oxygen atoms in total. The average Bonchev–Trinajstić information content (AvgIpc) is 2.01. The van der Waals surface area contributed by atoms with Crippen LogP contribution in [0.1, 0.15) is 5.69 Å². The molecule has 0 saturated carbocycles. The first kappa shape index (κ1) is 9.26. The standard InChI is InChI=1S/C9H11BrN2/c1-7(10)6-11-9-5-3-4-8(2)12-9/h3-5H,1,6H2,2H3,(H,11,12). The van der Waals surface area contributed by atoms with E-state index < -0.39 is 0 Å². The summed E-state index contributed by atoms with van der Waals surface area (Å²) in [6, 6.07) is 5.87. The molecule has 1 heterocycles. The third kappa shape index (κ3) is 3.05. The van der Waals surface area contributed by atoms with E-state index in [4.69, 9.17) is 0 Å². The Morgan fingerprint density at radius 3 is 3.00 bits per heavy atom. The highest BCUT2D eigenvalue weighted by Crippen LogP contribution is 2.06. The number of anilines is 1. The fourth-order valence-corrected chi connectivity index (χ4v) is 0.968. The Labute approximate surface area is 80.8 Å². The molecule has 1 rings (SSSR count). The lowest BCUT2D eigenvalue weighted by Crippen LogP contribution is -2.02. The minimum Gasteiger partial charge on any atom is -0.365 e. The summed E-state index contributed by atoms with van der Waals surface area (Å²) < 4.78 is 0.922. The zero-order valence-electron chi connectivity index (χ0n) is 6.97. The van der Waals surface area contributed by atoms with Gasteiger partial charge in [-0.25, -0.2) is 4.98 Å². The second-order valence-corrected chi connectivity index (χ2v) is 3.66. The zero-order chi connectivity index (χ0) is 8.97. The van der Waals surface area contributed by atoms with Crippen LogP contribution in [0.25, 0.3) is 0 Å². The van der Waals surface area contributed by atoms with Gasteiger partial charge in [0.1, 0.15) is 5.82 Å². The van der Waals surface area contributed by atoms with Crippen molar-refractivity contribution in [2.75, 3.05) is 11.9 Å². The molecule has 0 radical (unpaired) electrons. The average molecular weight is 227 g/mol. The van der Waals surface area contributed by atoms with Gasteiger partial charge in [-0.15, -0.1) is 0 Å². The van der Waals surface area contributed by atoms with Crippen LogP contribution in [0, 0.1) is 6.92 Å². The Kier molecular flexibility index (Phi) is 3.29. The van der Waals surface area contributed by atoms with Crippen molar-refractivity contribution in [1.82, 2.24) is 4.98 Å². The topological polar surface area (TPSA) is 24.9 Å². The lowest BCUT2D eigenvalue weighted by atomic mass is 10.4. The zero-order valence-corrected chi connectivity index (χ0v) is 8.56. The summed E-state index contributed by atoms with van der Waals surface area (Å²) in [6.45, 7) is 6.39. The molecule has 0 aliphatic carbocycles. The Morgan fingerprint density at radius 2 is 2.42 bits per heavy atom. The van der Waals surface area contributed by atoms with Gasteiger partial charge in [0.25, 0.3) is 0 Å². The van der Waals surface area contributed by atoms with Crippen molar-refractivity contribution in [1.29, 1.82) is 0 Å². The van der Waals surface area contributed by atoms with Crippen LogP contribution in [0.4, 0.5) is 5.82 Å². The van der Waals surface area contributed by atoms with E-state index in [1.165, 1.54) is 0 Å². The molecule has 1 aromatic rings. The maximum Gasteiger partial charge on any atom is 0.126 e. The summed E-state index contributed by atoms with van der Waals surface area (Å²) in [4.78, 5) is 4.27. The Bertz CT molecular complexity index is 284.